The minimum Gasteiger partial charge on any atom is -0.450 e. The van der Waals surface area contributed by atoms with Crippen LogP contribution in [0.4, 0.5) is 4.79 Å². The number of nitrogens with zero attached hydrogens (tertiary/aromatic N) is 1. The van der Waals surface area contributed by atoms with Crippen LogP contribution >= 0.6 is 22.6 Å². The summed E-state index contributed by atoms with van der Waals surface area (Å²) in [4.78, 5) is 37.4. The van der Waals surface area contributed by atoms with Crippen LogP contribution in [0.5, 0.6) is 0 Å². The molecule has 3 amide bonds. The third-order valence-electron chi connectivity index (χ3n) is 4.34. The molecule has 1 aromatic rings. The Kier molecular flexibility index (Phi) is 8.83. The molecular weight excluding hydrogens is 461 g/mol. The van der Waals surface area contributed by atoms with Crippen LogP contribution in [0.2, 0.25) is 0 Å². The van der Waals surface area contributed by atoms with Gasteiger partial charge in [-0.1, -0.05) is 6.07 Å². The summed E-state index contributed by atoms with van der Waals surface area (Å²) >= 11 is 2.17. The van der Waals surface area contributed by atoms with E-state index in [0.29, 0.717) is 44.6 Å². The highest BCUT2D eigenvalue weighted by atomic mass is 127. The van der Waals surface area contributed by atoms with Gasteiger partial charge in [0.05, 0.1) is 6.61 Å². The molecule has 1 aliphatic rings. The van der Waals surface area contributed by atoms with Crippen LogP contribution in [0.25, 0.3) is 0 Å². The first kappa shape index (κ1) is 21.5. The highest BCUT2D eigenvalue weighted by Gasteiger charge is 2.24. The zero-order valence-electron chi connectivity index (χ0n) is 15.5. The molecule has 1 saturated heterocycles. The summed E-state index contributed by atoms with van der Waals surface area (Å²) in [5.74, 6) is -0.145. The maximum Gasteiger partial charge on any atom is 0.409 e. The minimum atomic E-state index is -0.286. The second-order valence-electron chi connectivity index (χ2n) is 6.40. The Morgan fingerprint density at radius 3 is 2.67 bits per heavy atom. The molecule has 0 radical (unpaired) electrons. The molecule has 1 fully saturated rings. The van der Waals surface area contributed by atoms with Gasteiger partial charge in [-0.25, -0.2) is 4.79 Å². The largest absolute Gasteiger partial charge is 0.450 e. The lowest BCUT2D eigenvalue weighted by Crippen LogP contribution is -2.46. The zero-order chi connectivity index (χ0) is 19.6. The van der Waals surface area contributed by atoms with E-state index < -0.39 is 0 Å². The molecule has 0 unspecified atom stereocenters. The smallest absolute Gasteiger partial charge is 0.409 e. The van der Waals surface area contributed by atoms with Gasteiger partial charge in [-0.05, 0) is 67.0 Å². The van der Waals surface area contributed by atoms with Gasteiger partial charge >= 0.3 is 6.09 Å². The summed E-state index contributed by atoms with van der Waals surface area (Å²) < 4.78 is 5.99. The highest BCUT2D eigenvalue weighted by molar-refractivity contribution is 14.1. The quantitative estimate of drug-likeness (QED) is 0.457. The van der Waals surface area contributed by atoms with E-state index in [4.69, 9.17) is 4.74 Å². The molecule has 0 atom stereocenters. The molecule has 0 aromatic heterocycles. The number of carbonyl (C=O) groups excluding carboxylic acids is 3. The molecule has 0 spiro atoms. The average molecular weight is 487 g/mol. The van der Waals surface area contributed by atoms with Crippen molar-refractivity contribution < 1.29 is 19.1 Å². The van der Waals surface area contributed by atoms with Gasteiger partial charge in [0.15, 0.2) is 0 Å². The molecule has 7 nitrogen and oxygen atoms in total. The highest BCUT2D eigenvalue weighted by Crippen LogP contribution is 2.12. The number of ether oxygens (including phenoxy) is 1. The van der Waals surface area contributed by atoms with Crippen molar-refractivity contribution in [1.29, 1.82) is 0 Å². The van der Waals surface area contributed by atoms with Gasteiger partial charge in [-0.3, -0.25) is 9.59 Å². The van der Waals surface area contributed by atoms with Crippen LogP contribution in [-0.2, 0) is 9.53 Å². The standard InChI is InChI=1S/C19H26IN3O4/c1-2-27-19(26)23-11-8-16(9-12-23)22-17(24)7-4-10-21-18(25)14-5-3-6-15(20)13-14/h3,5-6,13,16H,2,4,7-12H2,1H3,(H,21,25)(H,22,24). The van der Waals surface area contributed by atoms with Gasteiger partial charge in [0.2, 0.25) is 5.91 Å². The summed E-state index contributed by atoms with van der Waals surface area (Å²) in [7, 11) is 0. The molecule has 148 valence electrons. The maximum absolute atomic E-state index is 12.1. The molecule has 0 aliphatic carbocycles. The van der Waals surface area contributed by atoms with E-state index in [1.54, 1.807) is 17.9 Å². The Labute approximate surface area is 173 Å². The van der Waals surface area contributed by atoms with Gasteiger partial charge < -0.3 is 20.3 Å². The van der Waals surface area contributed by atoms with Gasteiger partial charge in [-0.2, -0.15) is 0 Å². The van der Waals surface area contributed by atoms with Crippen molar-refractivity contribution in [1.82, 2.24) is 15.5 Å². The summed E-state index contributed by atoms with van der Waals surface area (Å²) in [6, 6.07) is 7.46. The number of amides is 3. The van der Waals surface area contributed by atoms with Crippen LogP contribution in [-0.4, -0.2) is 55.1 Å². The first-order valence-corrected chi connectivity index (χ1v) is 10.3. The van der Waals surface area contributed by atoms with E-state index >= 15 is 0 Å². The van der Waals surface area contributed by atoms with Crippen molar-refractivity contribution in [2.75, 3.05) is 26.2 Å². The third kappa shape index (κ3) is 7.36. The summed E-state index contributed by atoms with van der Waals surface area (Å²) in [5, 5.41) is 5.84. The Morgan fingerprint density at radius 2 is 2.00 bits per heavy atom. The van der Waals surface area contributed by atoms with Crippen molar-refractivity contribution in [3.05, 3.63) is 33.4 Å². The number of rotatable bonds is 7. The van der Waals surface area contributed by atoms with Gasteiger partial charge in [0.25, 0.3) is 5.91 Å². The van der Waals surface area contributed by atoms with Crippen molar-refractivity contribution in [3.8, 4) is 0 Å². The number of nitrogens with one attached hydrogen (secondary N) is 2. The van der Waals surface area contributed by atoms with Crippen LogP contribution in [0.3, 0.4) is 0 Å². The van der Waals surface area contributed by atoms with Gasteiger partial charge in [0.1, 0.15) is 0 Å². The Morgan fingerprint density at radius 1 is 1.26 bits per heavy atom. The normalized spacial score (nSPS) is 14.5. The molecule has 27 heavy (non-hydrogen) atoms. The second kappa shape index (κ2) is 11.1. The number of piperidine rings is 1. The number of hydrogen-bond donors (Lipinski definition) is 2. The van der Waals surface area contributed by atoms with E-state index in [0.717, 1.165) is 16.4 Å². The van der Waals surface area contributed by atoms with Crippen LogP contribution in [0, 0.1) is 3.57 Å². The number of benzene rings is 1. The molecule has 1 aromatic carbocycles. The topological polar surface area (TPSA) is 87.7 Å². The molecule has 0 saturated carbocycles. The number of halogens is 1. The fraction of sp³-hybridized carbons (Fsp3) is 0.526. The van der Waals surface area contributed by atoms with Crippen molar-refractivity contribution in [2.45, 2.75) is 38.6 Å². The van der Waals surface area contributed by atoms with E-state index in [-0.39, 0.29) is 23.9 Å². The Hall–Kier alpha value is -1.84. The number of likely N-dealkylation sites (tertiary alicyclic amines) is 1. The van der Waals surface area contributed by atoms with E-state index in [1.807, 2.05) is 18.2 Å². The van der Waals surface area contributed by atoms with Crippen LogP contribution in [0.15, 0.2) is 24.3 Å². The molecule has 8 heteroatoms. The molecule has 2 N–H and O–H groups in total. The van der Waals surface area contributed by atoms with Gasteiger partial charge in [-0.15, -0.1) is 0 Å². The monoisotopic (exact) mass is 487 g/mol. The third-order valence-corrected chi connectivity index (χ3v) is 5.01. The fourth-order valence-electron chi connectivity index (χ4n) is 2.90. The SMILES string of the molecule is CCOC(=O)N1CCC(NC(=O)CCCNC(=O)c2cccc(I)c2)CC1. The Balaban J connectivity index is 1.60. The first-order chi connectivity index (χ1) is 13.0. The molecule has 2 rings (SSSR count). The van der Waals surface area contributed by atoms with E-state index in [9.17, 15) is 14.4 Å². The lowest BCUT2D eigenvalue weighted by Gasteiger charge is -2.31. The lowest BCUT2D eigenvalue weighted by atomic mass is 10.1. The number of carbonyl (C=O) groups is 3. The van der Waals surface area contributed by atoms with E-state index in [2.05, 4.69) is 33.2 Å². The molecule has 0 bridgehead atoms. The van der Waals surface area contributed by atoms with Crippen LogP contribution in [0.1, 0.15) is 43.0 Å². The Bertz CT molecular complexity index is 660. The fourth-order valence-corrected chi connectivity index (χ4v) is 3.45. The van der Waals surface area contributed by atoms with Crippen molar-refractivity contribution >= 4 is 40.5 Å². The summed E-state index contributed by atoms with van der Waals surface area (Å²) in [5.41, 5.74) is 0.625. The molecule has 1 heterocycles. The lowest BCUT2D eigenvalue weighted by molar-refractivity contribution is -0.122. The first-order valence-electron chi connectivity index (χ1n) is 9.24. The second-order valence-corrected chi connectivity index (χ2v) is 7.64. The predicted octanol–water partition coefficient (Wildman–Crippen LogP) is 2.54. The van der Waals surface area contributed by atoms with E-state index in [1.165, 1.54) is 0 Å². The zero-order valence-corrected chi connectivity index (χ0v) is 17.7. The van der Waals surface area contributed by atoms with Crippen LogP contribution < -0.4 is 10.6 Å². The molecular formula is C19H26IN3O4. The summed E-state index contributed by atoms with van der Waals surface area (Å²) in [6.07, 6.45) is 2.13. The average Bonchev–Trinajstić information content (AvgIpc) is 2.66. The molecule has 1 aliphatic heterocycles. The summed E-state index contributed by atoms with van der Waals surface area (Å²) in [6.45, 7) is 3.80. The van der Waals surface area contributed by atoms with Gasteiger partial charge in [0, 0.05) is 41.2 Å². The number of hydrogen-bond acceptors (Lipinski definition) is 4. The minimum absolute atomic E-state index is 0.0203. The maximum atomic E-state index is 12.1. The van der Waals surface area contributed by atoms with Crippen molar-refractivity contribution in [3.63, 3.8) is 0 Å². The predicted molar refractivity (Wildman–Crippen MR) is 110 cm³/mol. The van der Waals surface area contributed by atoms with Crippen molar-refractivity contribution in [2.24, 2.45) is 0 Å².